The van der Waals surface area contributed by atoms with Crippen molar-refractivity contribution in [3.8, 4) is 0 Å². The largest absolute Gasteiger partial charge is 0.389 e. The highest BCUT2D eigenvalue weighted by atomic mass is 16.3. The van der Waals surface area contributed by atoms with Gasteiger partial charge in [0.05, 0.1) is 11.2 Å². The molecule has 1 aliphatic rings. The predicted octanol–water partition coefficient (Wildman–Crippen LogP) is 2.88. The zero-order valence-electron chi connectivity index (χ0n) is 13.5. The Morgan fingerprint density at radius 2 is 2.05 bits per heavy atom. The van der Waals surface area contributed by atoms with Crippen LogP contribution in [0, 0.1) is 12.8 Å². The Bertz CT molecular complexity index is 479. The summed E-state index contributed by atoms with van der Waals surface area (Å²) in [6, 6.07) is 1.89. The van der Waals surface area contributed by atoms with Gasteiger partial charge in [-0.2, -0.15) is 0 Å². The van der Waals surface area contributed by atoms with Crippen molar-refractivity contribution in [2.24, 2.45) is 5.92 Å². The molecule has 0 bridgehead atoms. The fourth-order valence-electron chi connectivity index (χ4n) is 3.03. The summed E-state index contributed by atoms with van der Waals surface area (Å²) < 4.78 is 2.20. The highest BCUT2D eigenvalue weighted by Gasteiger charge is 2.19. The molecule has 0 radical (unpaired) electrons. The Labute approximate surface area is 127 Å². The van der Waals surface area contributed by atoms with Crippen LogP contribution in [0.4, 0.5) is 0 Å². The molecule has 0 unspecified atom stereocenters. The maximum atomic E-state index is 12.2. The SMILES string of the molecule is Cc1c(C(=O)NCC(C)(C)O)ccn1CC1CCCCC1. The Kier molecular flexibility index (Phi) is 5.09. The normalized spacial score (nSPS) is 17.0. The first-order chi connectivity index (χ1) is 9.87. The van der Waals surface area contributed by atoms with Gasteiger partial charge in [0, 0.05) is 25.0 Å². The van der Waals surface area contributed by atoms with Crippen molar-refractivity contribution >= 4 is 5.91 Å². The average Bonchev–Trinajstić information content (AvgIpc) is 2.78. The van der Waals surface area contributed by atoms with E-state index in [0.717, 1.165) is 23.7 Å². The number of aromatic nitrogens is 1. The standard InChI is InChI=1S/C17H28N2O2/c1-13-15(16(20)18-12-17(2,3)21)9-10-19(13)11-14-7-5-4-6-8-14/h9-10,14,21H,4-8,11-12H2,1-3H3,(H,18,20). The van der Waals surface area contributed by atoms with Crippen molar-refractivity contribution in [2.45, 2.75) is 65.0 Å². The molecule has 0 aromatic carbocycles. The molecule has 2 rings (SSSR count). The Morgan fingerprint density at radius 1 is 1.38 bits per heavy atom. The van der Waals surface area contributed by atoms with Crippen LogP contribution in [0.1, 0.15) is 62.0 Å². The summed E-state index contributed by atoms with van der Waals surface area (Å²) in [5.41, 5.74) is 0.859. The van der Waals surface area contributed by atoms with Gasteiger partial charge in [-0.05, 0) is 45.6 Å². The summed E-state index contributed by atoms with van der Waals surface area (Å²) in [5.74, 6) is 0.647. The van der Waals surface area contributed by atoms with Crippen LogP contribution in [0.15, 0.2) is 12.3 Å². The molecule has 4 nitrogen and oxygen atoms in total. The van der Waals surface area contributed by atoms with E-state index in [1.165, 1.54) is 32.1 Å². The van der Waals surface area contributed by atoms with Gasteiger partial charge in [0.1, 0.15) is 0 Å². The van der Waals surface area contributed by atoms with E-state index in [1.54, 1.807) is 13.8 Å². The first kappa shape index (κ1) is 16.1. The van der Waals surface area contributed by atoms with Crippen LogP contribution in [0.5, 0.6) is 0 Å². The lowest BCUT2D eigenvalue weighted by Crippen LogP contribution is -2.38. The van der Waals surface area contributed by atoms with Gasteiger partial charge >= 0.3 is 0 Å². The van der Waals surface area contributed by atoms with E-state index in [9.17, 15) is 9.90 Å². The lowest BCUT2D eigenvalue weighted by Gasteiger charge is -2.23. The van der Waals surface area contributed by atoms with Crippen molar-refractivity contribution in [1.82, 2.24) is 9.88 Å². The van der Waals surface area contributed by atoms with Gasteiger partial charge in [-0.3, -0.25) is 4.79 Å². The molecule has 1 saturated carbocycles. The molecular weight excluding hydrogens is 264 g/mol. The molecule has 4 heteroatoms. The molecular formula is C17H28N2O2. The number of hydrogen-bond acceptors (Lipinski definition) is 2. The molecule has 1 aliphatic carbocycles. The van der Waals surface area contributed by atoms with Gasteiger partial charge in [-0.15, -0.1) is 0 Å². The summed E-state index contributed by atoms with van der Waals surface area (Å²) >= 11 is 0. The van der Waals surface area contributed by atoms with Gasteiger partial charge in [-0.25, -0.2) is 0 Å². The minimum atomic E-state index is -0.881. The van der Waals surface area contributed by atoms with E-state index in [4.69, 9.17) is 0 Å². The van der Waals surface area contributed by atoms with Crippen LogP contribution in [0.25, 0.3) is 0 Å². The third-order valence-corrected chi connectivity index (χ3v) is 4.35. The quantitative estimate of drug-likeness (QED) is 0.877. The summed E-state index contributed by atoms with van der Waals surface area (Å²) in [4.78, 5) is 12.2. The molecule has 1 aromatic heterocycles. The number of carbonyl (C=O) groups is 1. The zero-order valence-corrected chi connectivity index (χ0v) is 13.5. The van der Waals surface area contributed by atoms with Crippen LogP contribution in [-0.4, -0.2) is 27.7 Å². The minimum Gasteiger partial charge on any atom is -0.389 e. The van der Waals surface area contributed by atoms with Gasteiger partial charge < -0.3 is 15.0 Å². The van der Waals surface area contributed by atoms with Crippen LogP contribution < -0.4 is 5.32 Å². The van der Waals surface area contributed by atoms with Crippen molar-refractivity contribution in [3.63, 3.8) is 0 Å². The van der Waals surface area contributed by atoms with Gasteiger partial charge in [0.25, 0.3) is 5.91 Å². The van der Waals surface area contributed by atoms with Crippen LogP contribution >= 0.6 is 0 Å². The van der Waals surface area contributed by atoms with Crippen molar-refractivity contribution in [2.75, 3.05) is 6.54 Å². The number of rotatable bonds is 5. The fraction of sp³-hybridized carbons (Fsp3) is 0.706. The summed E-state index contributed by atoms with van der Waals surface area (Å²) in [6.45, 7) is 6.66. The van der Waals surface area contributed by atoms with Gasteiger partial charge in [0.2, 0.25) is 0 Å². The number of nitrogens with one attached hydrogen (secondary N) is 1. The molecule has 1 heterocycles. The van der Waals surface area contributed by atoms with Gasteiger partial charge in [-0.1, -0.05) is 19.3 Å². The van der Waals surface area contributed by atoms with E-state index in [2.05, 4.69) is 9.88 Å². The Balaban J connectivity index is 1.97. The number of carbonyl (C=O) groups excluding carboxylic acids is 1. The number of hydrogen-bond donors (Lipinski definition) is 2. The number of nitrogens with zero attached hydrogens (tertiary/aromatic N) is 1. The first-order valence-electron chi connectivity index (χ1n) is 8.03. The predicted molar refractivity (Wildman–Crippen MR) is 84.4 cm³/mol. The monoisotopic (exact) mass is 292 g/mol. The Morgan fingerprint density at radius 3 is 2.67 bits per heavy atom. The van der Waals surface area contributed by atoms with Crippen LogP contribution in [-0.2, 0) is 6.54 Å². The molecule has 0 atom stereocenters. The highest BCUT2D eigenvalue weighted by Crippen LogP contribution is 2.26. The Hall–Kier alpha value is -1.29. The van der Waals surface area contributed by atoms with Crippen LogP contribution in [0.2, 0.25) is 0 Å². The van der Waals surface area contributed by atoms with E-state index in [1.807, 2.05) is 19.2 Å². The van der Waals surface area contributed by atoms with Crippen molar-refractivity contribution in [1.29, 1.82) is 0 Å². The third-order valence-electron chi connectivity index (χ3n) is 4.35. The molecule has 1 aromatic rings. The van der Waals surface area contributed by atoms with E-state index in [0.29, 0.717) is 0 Å². The number of aliphatic hydroxyl groups is 1. The summed E-state index contributed by atoms with van der Waals surface area (Å²) in [7, 11) is 0. The lowest BCUT2D eigenvalue weighted by atomic mass is 9.89. The molecule has 1 amide bonds. The van der Waals surface area contributed by atoms with E-state index in [-0.39, 0.29) is 12.5 Å². The van der Waals surface area contributed by atoms with Crippen LogP contribution in [0.3, 0.4) is 0 Å². The zero-order chi connectivity index (χ0) is 15.5. The molecule has 118 valence electrons. The molecule has 0 saturated heterocycles. The maximum absolute atomic E-state index is 12.2. The molecule has 0 aliphatic heterocycles. The lowest BCUT2D eigenvalue weighted by molar-refractivity contribution is 0.0694. The second-order valence-electron chi connectivity index (χ2n) is 6.97. The average molecular weight is 292 g/mol. The molecule has 21 heavy (non-hydrogen) atoms. The topological polar surface area (TPSA) is 54.3 Å². The van der Waals surface area contributed by atoms with Crippen molar-refractivity contribution < 1.29 is 9.90 Å². The fourth-order valence-corrected chi connectivity index (χ4v) is 3.03. The maximum Gasteiger partial charge on any atom is 0.253 e. The second-order valence-corrected chi connectivity index (χ2v) is 6.97. The van der Waals surface area contributed by atoms with Gasteiger partial charge in [0.15, 0.2) is 0 Å². The second kappa shape index (κ2) is 6.65. The summed E-state index contributed by atoms with van der Waals surface area (Å²) in [5, 5.41) is 12.5. The molecule has 2 N–H and O–H groups in total. The summed E-state index contributed by atoms with van der Waals surface area (Å²) in [6.07, 6.45) is 8.66. The first-order valence-corrected chi connectivity index (χ1v) is 8.03. The van der Waals surface area contributed by atoms with Crippen molar-refractivity contribution in [3.05, 3.63) is 23.5 Å². The highest BCUT2D eigenvalue weighted by molar-refractivity contribution is 5.95. The third kappa shape index (κ3) is 4.60. The molecule has 1 fully saturated rings. The smallest absolute Gasteiger partial charge is 0.253 e. The number of amides is 1. The van der Waals surface area contributed by atoms with E-state index < -0.39 is 5.60 Å². The molecule has 0 spiro atoms. The van der Waals surface area contributed by atoms with E-state index >= 15 is 0 Å². The minimum absolute atomic E-state index is 0.1000.